The number of ether oxygens (including phenoxy) is 1. The van der Waals surface area contributed by atoms with E-state index in [9.17, 15) is 38.7 Å². The third-order valence-electron chi connectivity index (χ3n) is 13.1. The van der Waals surface area contributed by atoms with Gasteiger partial charge < -0.3 is 42.0 Å². The Kier molecular flexibility index (Phi) is 19.5. The number of aliphatic hydroxyl groups is 1. The van der Waals surface area contributed by atoms with Crippen molar-refractivity contribution in [3.8, 4) is 0 Å². The molecule has 2 heterocycles. The minimum Gasteiger partial charge on any atom is -0.481 e. The number of aromatic nitrogens is 4. The molecule has 7 atom stereocenters. The number of Topliss-reactive ketones (excluding diaryl/α,β-unsaturated/α-hetero) is 2. The molecule has 4 amide bonds. The topological polar surface area (TPSA) is 290 Å². The van der Waals surface area contributed by atoms with Gasteiger partial charge in [-0.25, -0.2) is 9.78 Å². The average molecular weight is 930 g/mol. The van der Waals surface area contributed by atoms with Crippen molar-refractivity contribution >= 4 is 52.5 Å². The molecule has 0 aromatic carbocycles. The van der Waals surface area contributed by atoms with Crippen LogP contribution in [0.2, 0.25) is 0 Å². The SMILES string of the molecule is CC[C@@H](NC(=O)[C@@H](NC(=O)[C@H](CC(=O)C(NC(=O)NC1[C@H](C)CCC[C@@H]1C)C(C)(C)C)CC(=O)C(C)(C)C)C1(C(=O)O)CCCC1)C(C)(C)C.Nc1nc2c(ncn2COCCO)c(=O)[nH]1. The first-order chi connectivity index (χ1) is 30.6. The molecule has 0 spiro atoms. The number of aliphatic carboxylic acids is 1. The van der Waals surface area contributed by atoms with Crippen LogP contribution in [0.4, 0.5) is 10.7 Å². The van der Waals surface area contributed by atoms with Crippen molar-refractivity contribution in [3.05, 3.63) is 16.7 Å². The van der Waals surface area contributed by atoms with Gasteiger partial charge in [0, 0.05) is 30.3 Å². The summed E-state index contributed by atoms with van der Waals surface area (Å²) in [6, 6.07) is -3.16. The molecule has 2 aliphatic rings. The summed E-state index contributed by atoms with van der Waals surface area (Å²) >= 11 is 0. The van der Waals surface area contributed by atoms with Crippen LogP contribution < -0.4 is 32.6 Å². The third-order valence-corrected chi connectivity index (χ3v) is 13.1. The van der Waals surface area contributed by atoms with Crippen molar-refractivity contribution in [2.24, 2.45) is 39.4 Å². The maximum Gasteiger partial charge on any atom is 0.315 e. The Bertz CT molecular complexity index is 2050. The van der Waals surface area contributed by atoms with Crippen molar-refractivity contribution in [1.82, 2.24) is 40.8 Å². The maximum absolute atomic E-state index is 14.3. The van der Waals surface area contributed by atoms with Crippen molar-refractivity contribution in [1.29, 1.82) is 0 Å². The largest absolute Gasteiger partial charge is 0.481 e. The van der Waals surface area contributed by atoms with E-state index < -0.39 is 63.8 Å². The molecule has 19 nitrogen and oxygen atoms in total. The zero-order valence-corrected chi connectivity index (χ0v) is 41.4. The van der Waals surface area contributed by atoms with Gasteiger partial charge in [0.2, 0.25) is 17.8 Å². The fourth-order valence-corrected chi connectivity index (χ4v) is 9.04. The number of urea groups is 1. The minimum absolute atomic E-state index is 0.0291. The lowest BCUT2D eigenvalue weighted by molar-refractivity contribution is -0.155. The predicted molar refractivity (Wildman–Crippen MR) is 251 cm³/mol. The molecule has 2 saturated carbocycles. The second-order valence-electron chi connectivity index (χ2n) is 21.6. The third kappa shape index (κ3) is 14.8. The van der Waals surface area contributed by atoms with E-state index in [2.05, 4.69) is 50.1 Å². The van der Waals surface area contributed by atoms with Gasteiger partial charge in [0.1, 0.15) is 18.6 Å². The number of carboxylic acids is 1. The molecular formula is C47H79N9O10. The first-order valence-electron chi connectivity index (χ1n) is 23.4. The number of amides is 4. The predicted octanol–water partition coefficient (Wildman–Crippen LogP) is 4.84. The van der Waals surface area contributed by atoms with Crippen LogP contribution >= 0.6 is 0 Å². The van der Waals surface area contributed by atoms with Crippen molar-refractivity contribution in [3.63, 3.8) is 0 Å². The number of hydrogen-bond donors (Lipinski definition) is 8. The second kappa shape index (κ2) is 23.2. The summed E-state index contributed by atoms with van der Waals surface area (Å²) in [5, 5.41) is 30.8. The van der Waals surface area contributed by atoms with E-state index in [4.69, 9.17) is 15.6 Å². The summed E-state index contributed by atoms with van der Waals surface area (Å²) in [5.74, 6) is -3.73. The number of aliphatic hydroxyl groups excluding tert-OH is 1. The van der Waals surface area contributed by atoms with E-state index in [1.165, 1.54) is 10.9 Å². The van der Waals surface area contributed by atoms with E-state index in [0.717, 1.165) is 19.3 Å². The summed E-state index contributed by atoms with van der Waals surface area (Å²) < 4.78 is 6.63. The molecule has 2 aliphatic carbocycles. The molecule has 2 unspecified atom stereocenters. The van der Waals surface area contributed by atoms with Crippen LogP contribution in [0.3, 0.4) is 0 Å². The molecular weight excluding hydrogens is 851 g/mol. The van der Waals surface area contributed by atoms with E-state index >= 15 is 0 Å². The zero-order valence-electron chi connectivity index (χ0n) is 41.4. The first kappa shape index (κ1) is 55.4. The minimum atomic E-state index is -1.53. The number of nitrogens with two attached hydrogens (primary N) is 1. The number of fused-ring (bicyclic) bond motifs is 1. The van der Waals surface area contributed by atoms with Gasteiger partial charge in [-0.3, -0.25) is 38.3 Å². The lowest BCUT2D eigenvalue weighted by Gasteiger charge is -2.38. The highest BCUT2D eigenvalue weighted by molar-refractivity contribution is 5.98. The number of carbonyl (C=O) groups is 6. The number of carbonyl (C=O) groups excluding carboxylic acids is 5. The molecule has 19 heteroatoms. The molecule has 4 rings (SSSR count). The molecule has 0 aliphatic heterocycles. The summed E-state index contributed by atoms with van der Waals surface area (Å²) in [7, 11) is 0. The van der Waals surface area contributed by atoms with Crippen LogP contribution in [-0.2, 0) is 35.4 Å². The number of imidazole rings is 1. The number of carboxylic acid groups (broad SMARTS) is 1. The van der Waals surface area contributed by atoms with Gasteiger partial charge in [-0.15, -0.1) is 0 Å². The Morgan fingerprint density at radius 3 is 2.03 bits per heavy atom. The lowest BCUT2D eigenvalue weighted by Crippen LogP contribution is -2.61. The van der Waals surface area contributed by atoms with E-state index in [0.29, 0.717) is 36.7 Å². The number of nitrogen functional groups attached to an aromatic ring is 1. The quantitative estimate of drug-likeness (QED) is 0.0930. The standard InChI is InChI=1S/C39H68N4O7.C8H11N5O3/c1-13-27(36(4,5)6)40-33(47)31(39(34(48)49)19-14-15-20-39)42-32(46)25(22-28(45)37(7,8)9)21-26(44)30(38(10,11)12)43-35(50)41-29-23(2)17-16-18-24(29)3;9-8-11-6-5(7(15)12-8)10-3-13(6)4-16-2-1-14/h23-25,27,29-31H,13-22H2,1-12H3,(H,40,47)(H,42,46)(H,48,49)(H2,41,43,50);3,14H,1-2,4H2,(H3,9,11,12,15)/t23-,24+,25-,27-,29?,30?,31-;/m1./s1. The van der Waals surface area contributed by atoms with E-state index in [1.807, 2.05) is 48.5 Å². The number of hydrogen-bond acceptors (Lipinski definition) is 12. The smallest absolute Gasteiger partial charge is 0.315 e. The van der Waals surface area contributed by atoms with Gasteiger partial charge in [0.25, 0.3) is 5.56 Å². The number of H-pyrrole nitrogens is 1. The molecule has 66 heavy (non-hydrogen) atoms. The molecule has 0 bridgehead atoms. The van der Waals surface area contributed by atoms with Crippen LogP contribution in [0.5, 0.6) is 0 Å². The number of ketones is 2. The molecule has 9 N–H and O–H groups in total. The Morgan fingerprint density at radius 2 is 1.52 bits per heavy atom. The zero-order chi connectivity index (χ0) is 49.9. The van der Waals surface area contributed by atoms with Crippen LogP contribution in [0, 0.1) is 39.4 Å². The van der Waals surface area contributed by atoms with Crippen LogP contribution in [-0.4, -0.2) is 102 Å². The van der Waals surface area contributed by atoms with Gasteiger partial charge in [0.15, 0.2) is 16.9 Å². The molecule has 0 radical (unpaired) electrons. The number of anilines is 1. The lowest BCUT2D eigenvalue weighted by atomic mass is 9.76. The fraction of sp³-hybridized carbons (Fsp3) is 0.766. The first-order valence-corrected chi connectivity index (χ1v) is 23.4. The second-order valence-corrected chi connectivity index (χ2v) is 21.6. The molecule has 0 saturated heterocycles. The normalized spacial score (nSPS) is 20.5. The highest BCUT2D eigenvalue weighted by Gasteiger charge is 2.53. The Labute approximate surface area is 389 Å². The van der Waals surface area contributed by atoms with Crippen molar-refractivity contribution in [2.75, 3.05) is 18.9 Å². The fourth-order valence-electron chi connectivity index (χ4n) is 9.04. The summed E-state index contributed by atoms with van der Waals surface area (Å²) in [5.41, 5.74) is 2.20. The van der Waals surface area contributed by atoms with Crippen LogP contribution in [0.15, 0.2) is 11.1 Å². The monoisotopic (exact) mass is 930 g/mol. The van der Waals surface area contributed by atoms with Gasteiger partial charge in [-0.05, 0) is 54.8 Å². The summed E-state index contributed by atoms with van der Waals surface area (Å²) in [4.78, 5) is 104. The summed E-state index contributed by atoms with van der Waals surface area (Å²) in [6.07, 6.45) is 6.09. The Morgan fingerprint density at radius 1 is 0.909 bits per heavy atom. The average Bonchev–Trinajstić information content (AvgIpc) is 3.87. The number of nitrogens with one attached hydrogen (secondary N) is 5. The van der Waals surface area contributed by atoms with Gasteiger partial charge in [0.05, 0.1) is 36.9 Å². The van der Waals surface area contributed by atoms with Crippen LogP contribution in [0.25, 0.3) is 11.2 Å². The summed E-state index contributed by atoms with van der Waals surface area (Å²) in [6.45, 7) is 23.1. The molecule has 372 valence electrons. The van der Waals surface area contributed by atoms with Gasteiger partial charge in [-0.1, -0.05) is 102 Å². The number of aromatic amines is 1. The molecule has 2 fully saturated rings. The molecule has 2 aromatic heterocycles. The highest BCUT2D eigenvalue weighted by atomic mass is 16.5. The van der Waals surface area contributed by atoms with E-state index in [1.54, 1.807) is 20.8 Å². The Balaban J connectivity index is 0.000000600. The van der Waals surface area contributed by atoms with Crippen LogP contribution in [0.1, 0.15) is 147 Å². The van der Waals surface area contributed by atoms with Gasteiger partial charge in [-0.2, -0.15) is 4.98 Å². The Hall–Kier alpha value is -4.91. The highest BCUT2D eigenvalue weighted by Crippen LogP contribution is 2.42. The number of rotatable bonds is 18. The van der Waals surface area contributed by atoms with Crippen molar-refractivity contribution in [2.45, 2.75) is 178 Å². The molecule has 2 aromatic rings. The van der Waals surface area contributed by atoms with Crippen molar-refractivity contribution < 1.29 is 43.7 Å². The van der Waals surface area contributed by atoms with E-state index in [-0.39, 0.29) is 85.9 Å². The van der Waals surface area contributed by atoms with Gasteiger partial charge >= 0.3 is 12.0 Å². The maximum atomic E-state index is 14.3. The number of nitrogens with zero attached hydrogens (tertiary/aromatic N) is 3.